The first kappa shape index (κ1) is 22.6. The van der Waals surface area contributed by atoms with Crippen LogP contribution in [0.1, 0.15) is 48.0 Å². The Morgan fingerprint density at radius 3 is 2.19 bits per heavy atom. The molecule has 5 nitrogen and oxygen atoms in total. The lowest BCUT2D eigenvalue weighted by Gasteiger charge is -2.30. The summed E-state index contributed by atoms with van der Waals surface area (Å²) in [6.45, 7) is 11.5. The summed E-state index contributed by atoms with van der Waals surface area (Å²) in [7, 11) is 0. The van der Waals surface area contributed by atoms with Crippen molar-refractivity contribution in [3.63, 3.8) is 0 Å². The summed E-state index contributed by atoms with van der Waals surface area (Å²) < 4.78 is 10.3. The van der Waals surface area contributed by atoms with Gasteiger partial charge in [-0.05, 0) is 47.1 Å². The predicted molar refractivity (Wildman–Crippen MR) is 105 cm³/mol. The molecular weight excluding hydrogens is 344 g/mol. The summed E-state index contributed by atoms with van der Waals surface area (Å²) in [4.78, 5) is 37.9. The topological polar surface area (TPSA) is 69.7 Å². The first-order valence-electron chi connectivity index (χ1n) is 9.30. The molecule has 0 N–H and O–H groups in total. The van der Waals surface area contributed by atoms with E-state index in [-0.39, 0.29) is 36.9 Å². The van der Waals surface area contributed by atoms with E-state index in [2.05, 4.69) is 0 Å². The molecule has 0 unspecified atom stereocenters. The van der Waals surface area contributed by atoms with Crippen LogP contribution in [0.25, 0.3) is 0 Å². The number of carbonyl (C=O) groups is 3. The van der Waals surface area contributed by atoms with Gasteiger partial charge >= 0.3 is 11.9 Å². The minimum absolute atomic E-state index is 0.0493. The highest BCUT2D eigenvalue weighted by Crippen LogP contribution is 2.37. The number of ketones is 1. The highest BCUT2D eigenvalue weighted by Gasteiger charge is 2.42. The van der Waals surface area contributed by atoms with Gasteiger partial charge in [-0.1, -0.05) is 35.5 Å². The third kappa shape index (κ3) is 6.35. The summed E-state index contributed by atoms with van der Waals surface area (Å²) in [6.07, 6.45) is 7.23. The zero-order chi connectivity index (χ0) is 20.6. The van der Waals surface area contributed by atoms with Gasteiger partial charge in [0.05, 0.1) is 19.1 Å². The second-order valence-corrected chi connectivity index (χ2v) is 6.92. The van der Waals surface area contributed by atoms with E-state index in [9.17, 15) is 14.4 Å². The van der Waals surface area contributed by atoms with E-state index in [1.54, 1.807) is 26.0 Å². The zero-order valence-corrected chi connectivity index (χ0v) is 17.1. The Kier molecular flexibility index (Phi) is 8.92. The van der Waals surface area contributed by atoms with Crippen molar-refractivity contribution < 1.29 is 23.9 Å². The van der Waals surface area contributed by atoms with E-state index in [1.807, 2.05) is 39.8 Å². The van der Waals surface area contributed by atoms with Crippen LogP contribution in [0.3, 0.4) is 0 Å². The lowest BCUT2D eigenvalue weighted by Crippen LogP contribution is -2.36. The highest BCUT2D eigenvalue weighted by atomic mass is 16.5. The van der Waals surface area contributed by atoms with Crippen LogP contribution in [0.5, 0.6) is 0 Å². The number of esters is 2. The fourth-order valence-electron chi connectivity index (χ4n) is 3.06. The van der Waals surface area contributed by atoms with E-state index in [0.29, 0.717) is 5.57 Å². The molecule has 0 heterocycles. The molecule has 2 atom stereocenters. The van der Waals surface area contributed by atoms with Gasteiger partial charge in [0.1, 0.15) is 5.57 Å². The van der Waals surface area contributed by atoms with E-state index in [4.69, 9.17) is 9.47 Å². The molecule has 1 aliphatic carbocycles. The van der Waals surface area contributed by atoms with Crippen molar-refractivity contribution in [1.82, 2.24) is 0 Å². The van der Waals surface area contributed by atoms with Crippen LogP contribution >= 0.6 is 0 Å². The summed E-state index contributed by atoms with van der Waals surface area (Å²) in [5, 5.41) is 0. The van der Waals surface area contributed by atoms with Gasteiger partial charge in [0.2, 0.25) is 0 Å². The molecule has 27 heavy (non-hydrogen) atoms. The van der Waals surface area contributed by atoms with Crippen molar-refractivity contribution in [3.05, 3.63) is 46.6 Å². The maximum atomic E-state index is 12.7. The highest BCUT2D eigenvalue weighted by molar-refractivity contribution is 6.19. The molecule has 1 rings (SSSR count). The number of allylic oxidation sites excluding steroid dienone is 6. The number of ether oxygens (including phenoxy) is 2. The average molecular weight is 374 g/mol. The normalized spacial score (nSPS) is 19.7. The lowest BCUT2D eigenvalue weighted by molar-refractivity contribution is -0.148. The summed E-state index contributed by atoms with van der Waals surface area (Å²) in [6, 6.07) is 0. The molecule has 1 aliphatic rings. The number of rotatable bonds is 7. The van der Waals surface area contributed by atoms with Crippen LogP contribution < -0.4 is 0 Å². The molecule has 0 aromatic heterocycles. The average Bonchev–Trinajstić information content (AvgIpc) is 2.54. The quantitative estimate of drug-likeness (QED) is 0.290. The zero-order valence-electron chi connectivity index (χ0n) is 17.1. The van der Waals surface area contributed by atoms with Crippen LogP contribution in [0, 0.1) is 11.8 Å². The molecule has 5 heteroatoms. The standard InChI is InChI=1S/C22H30O5/c1-7-26-21(24)19-16(12-15(5)6)13-18(23)20(22(25)27-8-2)17(19)11-9-10-14(3)4/h9-12,16,19H,7-8,13H2,1-6H3/b11-9+/t16-,19-/m0/s1. The van der Waals surface area contributed by atoms with Crippen molar-refractivity contribution >= 4 is 17.7 Å². The van der Waals surface area contributed by atoms with Crippen LogP contribution in [0.2, 0.25) is 0 Å². The third-order valence-corrected chi connectivity index (χ3v) is 4.02. The maximum absolute atomic E-state index is 12.7. The Hall–Kier alpha value is -2.43. The molecule has 0 saturated heterocycles. The fraction of sp³-hybridized carbons (Fsp3) is 0.500. The second-order valence-electron chi connectivity index (χ2n) is 6.92. The molecule has 0 aromatic rings. The smallest absolute Gasteiger partial charge is 0.342 e. The van der Waals surface area contributed by atoms with Gasteiger partial charge in [-0.2, -0.15) is 0 Å². The summed E-state index contributed by atoms with van der Waals surface area (Å²) in [5.74, 6) is -2.52. The van der Waals surface area contributed by atoms with Crippen molar-refractivity contribution in [2.75, 3.05) is 13.2 Å². The van der Waals surface area contributed by atoms with E-state index < -0.39 is 17.9 Å². The second kappa shape index (κ2) is 10.7. The Labute approximate surface area is 161 Å². The van der Waals surface area contributed by atoms with Crippen molar-refractivity contribution in [3.8, 4) is 0 Å². The van der Waals surface area contributed by atoms with Gasteiger partial charge in [-0.3, -0.25) is 9.59 Å². The molecule has 0 spiro atoms. The molecule has 0 aliphatic heterocycles. The van der Waals surface area contributed by atoms with Crippen LogP contribution in [0.15, 0.2) is 46.6 Å². The maximum Gasteiger partial charge on any atom is 0.342 e. The Balaban J connectivity index is 3.63. The lowest BCUT2D eigenvalue weighted by atomic mass is 9.73. The van der Waals surface area contributed by atoms with Gasteiger partial charge in [0.25, 0.3) is 0 Å². The summed E-state index contributed by atoms with van der Waals surface area (Å²) in [5.41, 5.74) is 2.37. The first-order chi connectivity index (χ1) is 12.7. The largest absolute Gasteiger partial charge is 0.466 e. The molecule has 0 saturated carbocycles. The van der Waals surface area contributed by atoms with Crippen molar-refractivity contribution in [2.45, 2.75) is 48.0 Å². The third-order valence-electron chi connectivity index (χ3n) is 4.02. The molecule has 148 valence electrons. The predicted octanol–water partition coefficient (Wildman–Crippen LogP) is 4.10. The minimum atomic E-state index is -0.723. The van der Waals surface area contributed by atoms with Gasteiger partial charge in [0.15, 0.2) is 5.78 Å². The van der Waals surface area contributed by atoms with Crippen molar-refractivity contribution in [1.29, 1.82) is 0 Å². The van der Waals surface area contributed by atoms with Crippen LogP contribution in [-0.2, 0) is 23.9 Å². The van der Waals surface area contributed by atoms with Crippen molar-refractivity contribution in [2.24, 2.45) is 11.8 Å². The van der Waals surface area contributed by atoms with E-state index in [1.165, 1.54) is 0 Å². The number of carbonyl (C=O) groups excluding carboxylic acids is 3. The molecular formula is C22H30O5. The van der Waals surface area contributed by atoms with Gasteiger partial charge in [-0.15, -0.1) is 0 Å². The number of Topliss-reactive ketones (excluding diaryl/α,β-unsaturated/α-hetero) is 1. The number of hydrogen-bond donors (Lipinski definition) is 0. The first-order valence-corrected chi connectivity index (χ1v) is 9.30. The SMILES string of the molecule is CCOC(=O)C1=C(/C=C/C=C(C)C)[C@@H](C(=O)OCC)[C@@H](C=C(C)C)CC1=O. The molecule has 0 radical (unpaired) electrons. The number of hydrogen-bond acceptors (Lipinski definition) is 5. The van der Waals surface area contributed by atoms with E-state index >= 15 is 0 Å². The minimum Gasteiger partial charge on any atom is -0.466 e. The fourth-order valence-corrected chi connectivity index (χ4v) is 3.06. The van der Waals surface area contributed by atoms with Crippen LogP contribution in [0.4, 0.5) is 0 Å². The molecule has 0 aromatic carbocycles. The monoisotopic (exact) mass is 374 g/mol. The van der Waals surface area contributed by atoms with Crippen LogP contribution in [-0.4, -0.2) is 30.9 Å². The molecule has 0 amide bonds. The van der Waals surface area contributed by atoms with E-state index in [0.717, 1.165) is 11.1 Å². The Morgan fingerprint density at radius 1 is 1.04 bits per heavy atom. The molecule has 0 bridgehead atoms. The summed E-state index contributed by atoms with van der Waals surface area (Å²) >= 11 is 0. The molecule has 0 fully saturated rings. The Bertz CT molecular complexity index is 698. The van der Waals surface area contributed by atoms with Gasteiger partial charge in [0, 0.05) is 12.3 Å². The Morgan fingerprint density at radius 2 is 1.67 bits per heavy atom. The van der Waals surface area contributed by atoms with Gasteiger partial charge < -0.3 is 9.47 Å². The van der Waals surface area contributed by atoms with Gasteiger partial charge in [-0.25, -0.2) is 4.79 Å².